The number of nitrogens with one attached hydrogen (secondary N) is 1. The molecule has 0 bridgehead atoms. The fourth-order valence-corrected chi connectivity index (χ4v) is 3.26. The molecule has 1 aliphatic carbocycles. The van der Waals surface area contributed by atoms with E-state index in [0.717, 1.165) is 25.7 Å². The molecule has 1 aromatic heterocycles. The van der Waals surface area contributed by atoms with E-state index in [9.17, 15) is 9.59 Å². The minimum absolute atomic E-state index is 0.166. The third-order valence-corrected chi connectivity index (χ3v) is 4.88. The molecule has 1 amide bonds. The van der Waals surface area contributed by atoms with Gasteiger partial charge in [0.25, 0.3) is 5.91 Å². The van der Waals surface area contributed by atoms with Crippen molar-refractivity contribution in [2.75, 3.05) is 0 Å². The molecule has 0 radical (unpaired) electrons. The Morgan fingerprint density at radius 1 is 1.17 bits per heavy atom. The molecule has 0 saturated heterocycles. The Labute approximate surface area is 170 Å². The lowest BCUT2D eigenvalue weighted by atomic mass is 10.1. The van der Waals surface area contributed by atoms with Crippen LogP contribution in [0.3, 0.4) is 0 Å². The monoisotopic (exact) mass is 401 g/mol. The number of ether oxygens (including phenoxy) is 2. The van der Waals surface area contributed by atoms with Gasteiger partial charge in [-0.05, 0) is 44.0 Å². The highest BCUT2D eigenvalue weighted by Crippen LogP contribution is 2.18. The van der Waals surface area contributed by atoms with Gasteiger partial charge in [-0.2, -0.15) is 4.98 Å². The van der Waals surface area contributed by atoms with Crippen molar-refractivity contribution in [3.05, 3.63) is 41.5 Å². The minimum atomic E-state index is -0.844. The Morgan fingerprint density at radius 3 is 2.48 bits per heavy atom. The molecule has 1 aliphatic rings. The third kappa shape index (κ3) is 6.30. The maximum absolute atomic E-state index is 12.3. The zero-order valence-corrected chi connectivity index (χ0v) is 16.8. The van der Waals surface area contributed by atoms with Crippen LogP contribution in [0.15, 0.2) is 28.8 Å². The molecule has 1 aromatic carbocycles. The van der Waals surface area contributed by atoms with Crippen LogP contribution in [0, 0.1) is 6.92 Å². The van der Waals surface area contributed by atoms with Crippen molar-refractivity contribution in [3.8, 4) is 5.75 Å². The second-order valence-corrected chi connectivity index (χ2v) is 7.29. The molecule has 2 aromatic rings. The number of hydrogen-bond donors (Lipinski definition) is 1. The fourth-order valence-electron chi connectivity index (χ4n) is 3.26. The Balaban J connectivity index is 1.47. The highest BCUT2D eigenvalue weighted by atomic mass is 16.5. The largest absolute Gasteiger partial charge is 0.485 e. The second-order valence-electron chi connectivity index (χ2n) is 7.29. The van der Waals surface area contributed by atoms with Gasteiger partial charge in [-0.1, -0.05) is 30.8 Å². The highest BCUT2D eigenvalue weighted by molar-refractivity contribution is 5.92. The number of esters is 1. The maximum Gasteiger partial charge on any atom is 0.338 e. The quantitative estimate of drug-likeness (QED) is 0.560. The van der Waals surface area contributed by atoms with Gasteiger partial charge < -0.3 is 19.3 Å². The van der Waals surface area contributed by atoms with E-state index in [2.05, 4.69) is 15.5 Å². The summed E-state index contributed by atoms with van der Waals surface area (Å²) in [6.07, 6.45) is 5.80. The van der Waals surface area contributed by atoms with Gasteiger partial charge in [0, 0.05) is 13.0 Å². The average Bonchev–Trinajstić information content (AvgIpc) is 2.96. The molecule has 3 rings (SSSR count). The first kappa shape index (κ1) is 20.8. The molecule has 1 N–H and O–H groups in total. The molecule has 0 unspecified atom stereocenters. The molecule has 0 spiro atoms. The maximum atomic E-state index is 12.3. The smallest absolute Gasteiger partial charge is 0.338 e. The molecule has 8 heteroatoms. The lowest BCUT2D eigenvalue weighted by Crippen LogP contribution is -2.41. The van der Waals surface area contributed by atoms with E-state index in [0.29, 0.717) is 23.0 Å². The Hall–Kier alpha value is -2.90. The average molecular weight is 401 g/mol. The SMILES string of the molecule is Cc1nc(COc2ccc(C(=O)O[C@H](C)C(=O)NC3CCCCCC3)cc2)no1. The van der Waals surface area contributed by atoms with Crippen LogP contribution >= 0.6 is 0 Å². The van der Waals surface area contributed by atoms with Crippen molar-refractivity contribution < 1.29 is 23.6 Å². The summed E-state index contributed by atoms with van der Waals surface area (Å²) < 4.78 is 15.8. The van der Waals surface area contributed by atoms with Crippen LogP contribution in [0.4, 0.5) is 0 Å². The number of carbonyl (C=O) groups excluding carboxylic acids is 2. The van der Waals surface area contributed by atoms with E-state index in [4.69, 9.17) is 14.0 Å². The molecule has 1 heterocycles. The molecule has 156 valence electrons. The molecule has 0 aliphatic heterocycles. The second kappa shape index (κ2) is 10.0. The lowest BCUT2D eigenvalue weighted by Gasteiger charge is -2.19. The van der Waals surface area contributed by atoms with E-state index in [1.54, 1.807) is 38.1 Å². The summed E-state index contributed by atoms with van der Waals surface area (Å²) in [5.41, 5.74) is 0.349. The predicted octanol–water partition coefficient (Wildman–Crippen LogP) is 3.34. The highest BCUT2D eigenvalue weighted by Gasteiger charge is 2.22. The minimum Gasteiger partial charge on any atom is -0.485 e. The number of hydrogen-bond acceptors (Lipinski definition) is 7. The predicted molar refractivity (Wildman–Crippen MR) is 104 cm³/mol. The number of benzene rings is 1. The summed E-state index contributed by atoms with van der Waals surface area (Å²) in [6, 6.07) is 6.66. The van der Waals surface area contributed by atoms with Crippen molar-refractivity contribution in [1.82, 2.24) is 15.5 Å². The van der Waals surface area contributed by atoms with E-state index < -0.39 is 12.1 Å². The number of carbonyl (C=O) groups is 2. The summed E-state index contributed by atoms with van der Waals surface area (Å²) in [6.45, 7) is 3.46. The Bertz CT molecular complexity index is 810. The third-order valence-electron chi connectivity index (χ3n) is 4.88. The number of aryl methyl sites for hydroxylation is 1. The van der Waals surface area contributed by atoms with Crippen LogP contribution < -0.4 is 10.1 Å². The van der Waals surface area contributed by atoms with Gasteiger partial charge in [0.15, 0.2) is 12.7 Å². The molecular weight excluding hydrogens is 374 g/mol. The van der Waals surface area contributed by atoms with Crippen LogP contribution in [0.1, 0.15) is 67.5 Å². The van der Waals surface area contributed by atoms with Crippen molar-refractivity contribution >= 4 is 11.9 Å². The van der Waals surface area contributed by atoms with E-state index in [1.807, 2.05) is 0 Å². The van der Waals surface area contributed by atoms with Gasteiger partial charge in [-0.15, -0.1) is 0 Å². The fraction of sp³-hybridized carbons (Fsp3) is 0.524. The number of amides is 1. The zero-order valence-electron chi connectivity index (χ0n) is 16.8. The first-order valence-electron chi connectivity index (χ1n) is 10.0. The Morgan fingerprint density at radius 2 is 1.86 bits per heavy atom. The molecule has 1 saturated carbocycles. The molecule has 29 heavy (non-hydrogen) atoms. The van der Waals surface area contributed by atoms with E-state index in [-0.39, 0.29) is 18.6 Å². The summed E-state index contributed by atoms with van der Waals surface area (Å²) in [4.78, 5) is 28.7. The molecule has 1 atom stereocenters. The van der Waals surface area contributed by atoms with Gasteiger partial charge in [0.2, 0.25) is 11.7 Å². The number of nitrogens with zero attached hydrogens (tertiary/aromatic N) is 2. The van der Waals surface area contributed by atoms with E-state index in [1.165, 1.54) is 12.8 Å². The van der Waals surface area contributed by atoms with Gasteiger partial charge in [-0.25, -0.2) is 4.79 Å². The van der Waals surface area contributed by atoms with Gasteiger partial charge in [0.1, 0.15) is 5.75 Å². The van der Waals surface area contributed by atoms with Gasteiger partial charge >= 0.3 is 5.97 Å². The molecule has 1 fully saturated rings. The summed E-state index contributed by atoms with van der Waals surface area (Å²) in [5, 5.41) is 6.75. The van der Waals surface area contributed by atoms with E-state index >= 15 is 0 Å². The topological polar surface area (TPSA) is 104 Å². The first-order valence-corrected chi connectivity index (χ1v) is 10.0. The first-order chi connectivity index (χ1) is 14.0. The van der Waals surface area contributed by atoms with Crippen molar-refractivity contribution in [3.63, 3.8) is 0 Å². The van der Waals surface area contributed by atoms with Crippen LogP contribution in [0.25, 0.3) is 0 Å². The summed E-state index contributed by atoms with van der Waals surface area (Å²) >= 11 is 0. The van der Waals surface area contributed by atoms with Gasteiger partial charge in [0.05, 0.1) is 5.56 Å². The standard InChI is InChI=1S/C21H27N3O5/c1-14(20(25)23-17-7-5-3-4-6-8-17)28-21(26)16-9-11-18(12-10-16)27-13-19-22-15(2)29-24-19/h9-12,14,17H,3-8,13H2,1-2H3,(H,23,25)/t14-/m1/s1. The van der Waals surface area contributed by atoms with Crippen LogP contribution in [-0.4, -0.2) is 34.2 Å². The van der Waals surface area contributed by atoms with Crippen LogP contribution in [-0.2, 0) is 16.1 Å². The Kier molecular flexibility index (Phi) is 7.21. The zero-order chi connectivity index (χ0) is 20.6. The summed E-state index contributed by atoms with van der Waals surface area (Å²) in [7, 11) is 0. The molecule has 8 nitrogen and oxygen atoms in total. The van der Waals surface area contributed by atoms with Gasteiger partial charge in [-0.3, -0.25) is 4.79 Å². The van der Waals surface area contributed by atoms with Crippen molar-refractivity contribution in [2.24, 2.45) is 0 Å². The van der Waals surface area contributed by atoms with Crippen LogP contribution in [0.2, 0.25) is 0 Å². The van der Waals surface area contributed by atoms with Crippen molar-refractivity contribution in [1.29, 1.82) is 0 Å². The normalized spacial score (nSPS) is 15.9. The summed E-state index contributed by atoms with van der Waals surface area (Å²) in [5.74, 6) is 0.677. The van der Waals surface area contributed by atoms with Crippen molar-refractivity contribution in [2.45, 2.75) is 71.1 Å². The number of aromatic nitrogens is 2. The lowest BCUT2D eigenvalue weighted by molar-refractivity contribution is -0.129. The molecular formula is C21H27N3O5. The number of rotatable bonds is 7. The van der Waals surface area contributed by atoms with Crippen LogP contribution in [0.5, 0.6) is 5.75 Å².